The number of halogens is 3. The molecule has 11 heteroatoms. The number of nitrogens with zero attached hydrogens (tertiary/aromatic N) is 2. The van der Waals surface area contributed by atoms with Gasteiger partial charge < -0.3 is 4.98 Å². The van der Waals surface area contributed by atoms with Gasteiger partial charge in [0.25, 0.3) is 0 Å². The molecule has 0 bridgehead atoms. The van der Waals surface area contributed by atoms with Crippen molar-refractivity contribution in [1.82, 2.24) is 20.2 Å². The number of carbonyl (C=O) groups excluding carboxylic acids is 1. The zero-order valence-corrected chi connectivity index (χ0v) is 20.1. The first-order chi connectivity index (χ1) is 18.4. The van der Waals surface area contributed by atoms with Gasteiger partial charge in [-0.05, 0) is 48.0 Å². The Morgan fingerprint density at radius 2 is 1.82 bits per heavy atom. The quantitative estimate of drug-likeness (QED) is 0.233. The molecule has 0 saturated heterocycles. The average Bonchev–Trinajstić information content (AvgIpc) is 3.56. The number of hydrogen-bond donors (Lipinski definition) is 3. The van der Waals surface area contributed by atoms with Gasteiger partial charge in [0.1, 0.15) is 28.3 Å². The van der Waals surface area contributed by atoms with Crippen molar-refractivity contribution in [2.24, 2.45) is 0 Å². The molecule has 0 spiro atoms. The lowest BCUT2D eigenvalue weighted by atomic mass is 9.99. The molecular formula is C27H16F3N5O2S. The standard InChI is InChI=1S/C27H16F3N5O2S/c28-17-2-1-3-18(10-17)38(37)35-22-7-6-21(29)24(25(22)30)26(36)20-13-32-27-19(20)8-16(11-31-27)14-4-5-15-12-33-34-23(15)9-14/h1-13,35H,(H,31,32)(H,33,34). The smallest absolute Gasteiger partial charge is 0.201 e. The van der Waals surface area contributed by atoms with Crippen LogP contribution in [0.15, 0.2) is 84.1 Å². The van der Waals surface area contributed by atoms with Gasteiger partial charge in [-0.3, -0.25) is 14.6 Å². The van der Waals surface area contributed by atoms with Crippen molar-refractivity contribution in [3.63, 3.8) is 0 Å². The Morgan fingerprint density at radius 1 is 0.947 bits per heavy atom. The Labute approximate surface area is 215 Å². The number of hydrogen-bond acceptors (Lipinski definition) is 4. The molecule has 6 rings (SSSR count). The van der Waals surface area contributed by atoms with E-state index in [0.29, 0.717) is 16.6 Å². The minimum absolute atomic E-state index is 0.0122. The van der Waals surface area contributed by atoms with Crippen LogP contribution in [0.3, 0.4) is 0 Å². The summed E-state index contributed by atoms with van der Waals surface area (Å²) in [6.45, 7) is 0. The first-order valence-corrected chi connectivity index (χ1v) is 12.4. The molecule has 7 nitrogen and oxygen atoms in total. The third kappa shape index (κ3) is 4.12. The summed E-state index contributed by atoms with van der Waals surface area (Å²) in [5.74, 6) is -3.85. The molecule has 3 heterocycles. The Balaban J connectivity index is 1.37. The van der Waals surface area contributed by atoms with Crippen LogP contribution in [0.1, 0.15) is 15.9 Å². The van der Waals surface area contributed by atoms with Gasteiger partial charge in [0.2, 0.25) is 5.78 Å². The molecular weight excluding hydrogens is 515 g/mol. The van der Waals surface area contributed by atoms with Crippen LogP contribution in [0.2, 0.25) is 0 Å². The highest BCUT2D eigenvalue weighted by Gasteiger charge is 2.25. The fraction of sp³-hybridized carbons (Fsp3) is 0. The molecule has 6 aromatic rings. The second-order valence-electron chi connectivity index (χ2n) is 8.44. The molecule has 3 N–H and O–H groups in total. The maximum atomic E-state index is 15.4. The van der Waals surface area contributed by atoms with E-state index < -0.39 is 39.8 Å². The van der Waals surface area contributed by atoms with E-state index in [0.717, 1.165) is 34.7 Å². The number of ketones is 1. The van der Waals surface area contributed by atoms with Gasteiger partial charge in [-0.2, -0.15) is 5.10 Å². The zero-order valence-electron chi connectivity index (χ0n) is 19.3. The van der Waals surface area contributed by atoms with Crippen molar-refractivity contribution in [2.75, 3.05) is 4.72 Å². The van der Waals surface area contributed by atoms with Crippen molar-refractivity contribution in [2.45, 2.75) is 4.90 Å². The maximum Gasteiger partial charge on any atom is 0.201 e. The number of carbonyl (C=O) groups is 1. The highest BCUT2D eigenvalue weighted by atomic mass is 32.2. The van der Waals surface area contributed by atoms with Crippen LogP contribution in [0.4, 0.5) is 18.9 Å². The van der Waals surface area contributed by atoms with Crippen molar-refractivity contribution in [1.29, 1.82) is 0 Å². The number of pyridine rings is 1. The zero-order chi connectivity index (χ0) is 26.4. The predicted molar refractivity (Wildman–Crippen MR) is 137 cm³/mol. The van der Waals surface area contributed by atoms with Crippen molar-refractivity contribution >= 4 is 44.4 Å². The predicted octanol–water partition coefficient (Wildman–Crippen LogP) is 5.89. The van der Waals surface area contributed by atoms with Gasteiger partial charge in [0, 0.05) is 34.3 Å². The molecule has 0 fully saturated rings. The first kappa shape index (κ1) is 23.6. The second kappa shape index (κ2) is 9.27. The Morgan fingerprint density at radius 3 is 2.66 bits per heavy atom. The number of aromatic nitrogens is 4. The normalized spacial score (nSPS) is 12.2. The molecule has 0 amide bonds. The summed E-state index contributed by atoms with van der Waals surface area (Å²) in [6.07, 6.45) is 4.66. The van der Waals surface area contributed by atoms with Crippen LogP contribution in [-0.4, -0.2) is 30.2 Å². The lowest BCUT2D eigenvalue weighted by Crippen LogP contribution is -2.12. The monoisotopic (exact) mass is 531 g/mol. The number of fused-ring (bicyclic) bond motifs is 2. The first-order valence-electron chi connectivity index (χ1n) is 11.3. The van der Waals surface area contributed by atoms with Crippen LogP contribution in [-0.2, 0) is 11.0 Å². The topological polar surface area (TPSA) is 104 Å². The number of rotatable bonds is 6. The molecule has 1 unspecified atom stereocenters. The van der Waals surface area contributed by atoms with E-state index in [2.05, 4.69) is 24.9 Å². The molecule has 3 aromatic carbocycles. The number of anilines is 1. The summed E-state index contributed by atoms with van der Waals surface area (Å²) in [5.41, 5.74) is 1.49. The number of H-pyrrole nitrogens is 2. The Bertz CT molecular complexity index is 1900. The van der Waals surface area contributed by atoms with Gasteiger partial charge in [0.05, 0.1) is 27.9 Å². The highest BCUT2D eigenvalue weighted by molar-refractivity contribution is 7.86. The van der Waals surface area contributed by atoms with E-state index in [1.54, 1.807) is 18.5 Å². The second-order valence-corrected chi connectivity index (χ2v) is 9.65. The Kier molecular flexibility index (Phi) is 5.76. The summed E-state index contributed by atoms with van der Waals surface area (Å²) in [4.78, 5) is 20.7. The lowest BCUT2D eigenvalue weighted by molar-refractivity contribution is 0.103. The summed E-state index contributed by atoms with van der Waals surface area (Å²) in [7, 11) is -2.06. The van der Waals surface area contributed by atoms with Crippen LogP contribution >= 0.6 is 0 Å². The fourth-order valence-electron chi connectivity index (χ4n) is 4.18. The van der Waals surface area contributed by atoms with Crippen LogP contribution < -0.4 is 4.72 Å². The highest BCUT2D eigenvalue weighted by Crippen LogP contribution is 2.30. The molecule has 0 aliphatic carbocycles. The van der Waals surface area contributed by atoms with E-state index in [1.807, 2.05) is 18.2 Å². The molecule has 1 atom stereocenters. The van der Waals surface area contributed by atoms with Crippen LogP contribution in [0, 0.1) is 17.5 Å². The summed E-state index contributed by atoms with van der Waals surface area (Å²) < 4.78 is 58.7. The minimum Gasteiger partial charge on any atom is -0.345 e. The molecule has 0 radical (unpaired) electrons. The van der Waals surface area contributed by atoms with E-state index in [9.17, 15) is 17.8 Å². The van der Waals surface area contributed by atoms with Crippen molar-refractivity contribution < 1.29 is 22.2 Å². The van der Waals surface area contributed by atoms with Gasteiger partial charge in [-0.1, -0.05) is 18.2 Å². The molecule has 0 aliphatic heterocycles. The molecule has 0 saturated carbocycles. The summed E-state index contributed by atoms with van der Waals surface area (Å²) in [6, 6.07) is 14.2. The molecule has 188 valence electrons. The van der Waals surface area contributed by atoms with Gasteiger partial charge >= 0.3 is 0 Å². The molecule has 3 aromatic heterocycles. The number of nitrogens with one attached hydrogen (secondary N) is 3. The third-order valence-electron chi connectivity index (χ3n) is 6.08. The lowest BCUT2D eigenvalue weighted by Gasteiger charge is -2.11. The van der Waals surface area contributed by atoms with Crippen LogP contribution in [0.25, 0.3) is 33.1 Å². The van der Waals surface area contributed by atoms with Crippen molar-refractivity contribution in [3.05, 3.63) is 108 Å². The Hall–Kier alpha value is -4.77. The van der Waals surface area contributed by atoms with Crippen LogP contribution in [0.5, 0.6) is 0 Å². The molecule has 0 aliphatic rings. The van der Waals surface area contributed by atoms with Gasteiger partial charge in [0.15, 0.2) is 5.82 Å². The van der Waals surface area contributed by atoms with Crippen molar-refractivity contribution in [3.8, 4) is 11.1 Å². The largest absolute Gasteiger partial charge is 0.345 e. The number of aromatic amines is 2. The molecule has 38 heavy (non-hydrogen) atoms. The fourth-order valence-corrected chi connectivity index (χ4v) is 5.08. The van der Waals surface area contributed by atoms with E-state index >= 15 is 4.39 Å². The summed E-state index contributed by atoms with van der Waals surface area (Å²) >= 11 is 0. The minimum atomic E-state index is -2.06. The van der Waals surface area contributed by atoms with E-state index in [1.165, 1.54) is 24.4 Å². The van der Waals surface area contributed by atoms with E-state index in [-0.39, 0.29) is 16.1 Å². The van der Waals surface area contributed by atoms with Gasteiger partial charge in [-0.25, -0.2) is 22.4 Å². The number of benzene rings is 3. The SMILES string of the molecule is O=C(c1c(F)ccc(NS(=O)c2cccc(F)c2)c1F)c1c[nH]c2ncc(-c3ccc4cn[nH]c4c3)cc12. The average molecular weight is 532 g/mol. The maximum absolute atomic E-state index is 15.4. The van der Waals surface area contributed by atoms with Gasteiger partial charge in [-0.15, -0.1) is 0 Å². The van der Waals surface area contributed by atoms with E-state index in [4.69, 9.17) is 0 Å². The summed E-state index contributed by atoms with van der Waals surface area (Å²) in [5, 5.41) is 8.21. The third-order valence-corrected chi connectivity index (χ3v) is 7.17.